The second-order valence-electron chi connectivity index (χ2n) is 1.41. The number of hydrogen-bond donors (Lipinski definition) is 1. The van der Waals surface area contributed by atoms with Gasteiger partial charge in [-0.25, -0.2) is 4.99 Å². The average Bonchev–Trinajstić information content (AvgIpc) is 1.66. The summed E-state index contributed by atoms with van der Waals surface area (Å²) < 4.78 is 0. The van der Waals surface area contributed by atoms with Crippen LogP contribution in [0.1, 0.15) is 13.3 Å². The number of carbonyl (C=O) groups is 1. The monoisotopic (exact) mass is 114 g/mol. The molecule has 0 aromatic heterocycles. The summed E-state index contributed by atoms with van der Waals surface area (Å²) in [6.45, 7) is 1.96. The van der Waals surface area contributed by atoms with Crippen molar-refractivity contribution in [3.63, 3.8) is 0 Å². The van der Waals surface area contributed by atoms with E-state index in [9.17, 15) is 4.79 Å². The number of aliphatic imine (C=N–C) groups is 1. The minimum absolute atomic E-state index is 0.168. The molecule has 0 aromatic rings. The average molecular weight is 114 g/mol. The SMILES string of the molecule is CC(=O)/N=C/CCN. The Morgan fingerprint density at radius 3 is 2.88 bits per heavy atom. The van der Waals surface area contributed by atoms with Crippen LogP contribution in [0.3, 0.4) is 0 Å². The third-order valence-electron chi connectivity index (χ3n) is 0.569. The van der Waals surface area contributed by atoms with Crippen molar-refractivity contribution in [2.24, 2.45) is 10.7 Å². The van der Waals surface area contributed by atoms with E-state index < -0.39 is 0 Å². The Hall–Kier alpha value is -0.700. The molecule has 0 aliphatic heterocycles. The summed E-state index contributed by atoms with van der Waals surface area (Å²) in [6, 6.07) is 0. The second kappa shape index (κ2) is 4.46. The first-order valence-corrected chi connectivity index (χ1v) is 2.50. The highest BCUT2D eigenvalue weighted by Crippen LogP contribution is 1.70. The Labute approximate surface area is 48.6 Å². The van der Waals surface area contributed by atoms with E-state index in [0.29, 0.717) is 13.0 Å². The standard InChI is InChI=1S/C5H10N2O/c1-5(8)7-4-2-3-6/h4H,2-3,6H2,1H3/b7-4+. The molecule has 0 saturated carbocycles. The first kappa shape index (κ1) is 7.30. The third kappa shape index (κ3) is 5.30. The summed E-state index contributed by atoms with van der Waals surface area (Å²) in [5.74, 6) is -0.168. The van der Waals surface area contributed by atoms with Gasteiger partial charge in [0.2, 0.25) is 5.91 Å². The second-order valence-corrected chi connectivity index (χ2v) is 1.41. The van der Waals surface area contributed by atoms with Crippen molar-refractivity contribution in [1.29, 1.82) is 0 Å². The number of rotatable bonds is 2. The van der Waals surface area contributed by atoms with Gasteiger partial charge in [0.1, 0.15) is 0 Å². The van der Waals surface area contributed by atoms with Gasteiger partial charge >= 0.3 is 0 Å². The summed E-state index contributed by atoms with van der Waals surface area (Å²) in [7, 11) is 0. The Bertz CT molecular complexity index is 98.6. The van der Waals surface area contributed by atoms with Crippen molar-refractivity contribution >= 4 is 12.1 Å². The fourth-order valence-electron chi connectivity index (χ4n) is 0.268. The molecule has 8 heavy (non-hydrogen) atoms. The van der Waals surface area contributed by atoms with E-state index in [0.717, 1.165) is 0 Å². The molecule has 0 heterocycles. The summed E-state index contributed by atoms with van der Waals surface area (Å²) in [6.07, 6.45) is 2.21. The van der Waals surface area contributed by atoms with Crippen molar-refractivity contribution in [1.82, 2.24) is 0 Å². The molecule has 0 aromatic carbocycles. The first-order chi connectivity index (χ1) is 3.77. The van der Waals surface area contributed by atoms with Crippen LogP contribution in [0.4, 0.5) is 0 Å². The van der Waals surface area contributed by atoms with Crippen LogP contribution in [0, 0.1) is 0 Å². The predicted molar refractivity (Wildman–Crippen MR) is 32.8 cm³/mol. The smallest absolute Gasteiger partial charge is 0.242 e. The Balaban J connectivity index is 3.20. The molecule has 0 saturated heterocycles. The number of amides is 1. The van der Waals surface area contributed by atoms with E-state index in [1.807, 2.05) is 0 Å². The lowest BCUT2D eigenvalue weighted by molar-refractivity contribution is -0.115. The van der Waals surface area contributed by atoms with Crippen LogP contribution in [0.25, 0.3) is 0 Å². The summed E-state index contributed by atoms with van der Waals surface area (Å²) >= 11 is 0. The van der Waals surface area contributed by atoms with Crippen molar-refractivity contribution in [3.8, 4) is 0 Å². The number of hydrogen-bond acceptors (Lipinski definition) is 2. The number of carbonyl (C=O) groups excluding carboxylic acids is 1. The molecule has 0 fully saturated rings. The van der Waals surface area contributed by atoms with Crippen LogP contribution in [0.5, 0.6) is 0 Å². The fraction of sp³-hybridized carbons (Fsp3) is 0.600. The largest absolute Gasteiger partial charge is 0.330 e. The van der Waals surface area contributed by atoms with E-state index in [1.165, 1.54) is 13.1 Å². The molecule has 3 nitrogen and oxygen atoms in total. The maximum atomic E-state index is 10.1. The summed E-state index contributed by atoms with van der Waals surface area (Å²) in [4.78, 5) is 13.6. The van der Waals surface area contributed by atoms with Gasteiger partial charge in [0, 0.05) is 13.1 Å². The molecular weight excluding hydrogens is 104 g/mol. The number of nitrogens with zero attached hydrogens (tertiary/aromatic N) is 1. The minimum atomic E-state index is -0.168. The Kier molecular flexibility index (Phi) is 4.07. The Morgan fingerprint density at radius 1 is 1.88 bits per heavy atom. The van der Waals surface area contributed by atoms with Gasteiger partial charge in [0.25, 0.3) is 0 Å². The molecule has 0 aliphatic carbocycles. The van der Waals surface area contributed by atoms with Gasteiger partial charge in [0.05, 0.1) is 0 Å². The lowest BCUT2D eigenvalue weighted by Crippen LogP contribution is -1.98. The van der Waals surface area contributed by atoms with Gasteiger partial charge in [-0.05, 0) is 13.0 Å². The molecule has 0 aliphatic rings. The predicted octanol–water partition coefficient (Wildman–Crippen LogP) is -0.0475. The van der Waals surface area contributed by atoms with Crippen molar-refractivity contribution < 1.29 is 4.79 Å². The van der Waals surface area contributed by atoms with Crippen LogP contribution < -0.4 is 5.73 Å². The fourth-order valence-corrected chi connectivity index (χ4v) is 0.268. The van der Waals surface area contributed by atoms with Crippen LogP contribution in [-0.4, -0.2) is 18.7 Å². The molecule has 0 unspecified atom stereocenters. The Morgan fingerprint density at radius 2 is 2.50 bits per heavy atom. The van der Waals surface area contributed by atoms with Gasteiger partial charge in [0.15, 0.2) is 0 Å². The van der Waals surface area contributed by atoms with E-state index >= 15 is 0 Å². The van der Waals surface area contributed by atoms with Crippen LogP contribution in [0.15, 0.2) is 4.99 Å². The highest BCUT2D eigenvalue weighted by molar-refractivity contribution is 5.82. The third-order valence-corrected chi connectivity index (χ3v) is 0.569. The quantitative estimate of drug-likeness (QED) is 0.512. The van der Waals surface area contributed by atoms with Gasteiger partial charge in [-0.1, -0.05) is 0 Å². The molecule has 3 heteroatoms. The molecule has 0 rings (SSSR count). The molecule has 0 spiro atoms. The molecule has 46 valence electrons. The van der Waals surface area contributed by atoms with E-state index in [1.54, 1.807) is 0 Å². The van der Waals surface area contributed by atoms with Crippen molar-refractivity contribution in [2.75, 3.05) is 6.54 Å². The molecule has 2 N–H and O–H groups in total. The highest BCUT2D eigenvalue weighted by atomic mass is 16.1. The van der Waals surface area contributed by atoms with Crippen LogP contribution >= 0.6 is 0 Å². The molecule has 0 bridgehead atoms. The van der Waals surface area contributed by atoms with Gasteiger partial charge in [-0.3, -0.25) is 4.79 Å². The van der Waals surface area contributed by atoms with E-state index in [4.69, 9.17) is 5.73 Å². The maximum absolute atomic E-state index is 10.1. The topological polar surface area (TPSA) is 55.5 Å². The number of nitrogens with two attached hydrogens (primary N) is 1. The highest BCUT2D eigenvalue weighted by Gasteiger charge is 1.78. The van der Waals surface area contributed by atoms with Gasteiger partial charge < -0.3 is 5.73 Å². The van der Waals surface area contributed by atoms with Gasteiger partial charge in [-0.2, -0.15) is 0 Å². The summed E-state index contributed by atoms with van der Waals surface area (Å²) in [5, 5.41) is 0. The molecule has 1 amide bonds. The lowest BCUT2D eigenvalue weighted by atomic mass is 10.5. The van der Waals surface area contributed by atoms with E-state index in [2.05, 4.69) is 4.99 Å². The molecule has 0 radical (unpaired) electrons. The normalized spacial score (nSPS) is 10.2. The van der Waals surface area contributed by atoms with E-state index in [-0.39, 0.29) is 5.91 Å². The molecular formula is C5H10N2O. The van der Waals surface area contributed by atoms with Crippen LogP contribution in [0.2, 0.25) is 0 Å². The zero-order chi connectivity index (χ0) is 6.41. The van der Waals surface area contributed by atoms with Crippen LogP contribution in [-0.2, 0) is 4.79 Å². The minimum Gasteiger partial charge on any atom is -0.330 e. The zero-order valence-electron chi connectivity index (χ0n) is 4.92. The molecule has 0 atom stereocenters. The first-order valence-electron chi connectivity index (χ1n) is 2.50. The van der Waals surface area contributed by atoms with Gasteiger partial charge in [-0.15, -0.1) is 0 Å². The summed E-state index contributed by atoms with van der Waals surface area (Å²) in [5.41, 5.74) is 5.11. The van der Waals surface area contributed by atoms with Crippen molar-refractivity contribution in [2.45, 2.75) is 13.3 Å². The zero-order valence-corrected chi connectivity index (χ0v) is 4.92. The maximum Gasteiger partial charge on any atom is 0.242 e. The van der Waals surface area contributed by atoms with Crippen molar-refractivity contribution in [3.05, 3.63) is 0 Å². The lowest BCUT2D eigenvalue weighted by Gasteiger charge is -1.80.